The quantitative estimate of drug-likeness (QED) is 0.843. The van der Waals surface area contributed by atoms with Gasteiger partial charge < -0.3 is 15.0 Å². The number of amides is 2. The SMILES string of the molecule is COC(=O)c1cccc(C(=O)Nc2cccc(C)c2C(=O)N2CCCC2)c1. The molecule has 2 aromatic rings. The summed E-state index contributed by atoms with van der Waals surface area (Å²) in [6.45, 7) is 3.33. The molecule has 1 aliphatic rings. The number of hydrogen-bond acceptors (Lipinski definition) is 4. The van der Waals surface area contributed by atoms with Gasteiger partial charge in [0.05, 0.1) is 23.9 Å². The Morgan fingerprint density at radius 2 is 1.67 bits per heavy atom. The molecule has 0 bridgehead atoms. The number of carbonyl (C=O) groups excluding carboxylic acids is 3. The predicted octanol–water partition coefficient (Wildman–Crippen LogP) is 3.27. The number of likely N-dealkylation sites (tertiary alicyclic amines) is 1. The van der Waals surface area contributed by atoms with Crippen LogP contribution in [0.5, 0.6) is 0 Å². The molecule has 1 saturated heterocycles. The maximum atomic E-state index is 12.9. The Kier molecular flexibility index (Phi) is 5.54. The van der Waals surface area contributed by atoms with Crippen molar-refractivity contribution in [1.82, 2.24) is 4.90 Å². The highest BCUT2D eigenvalue weighted by molar-refractivity contribution is 6.10. The lowest BCUT2D eigenvalue weighted by molar-refractivity contribution is 0.0600. The number of anilines is 1. The number of aryl methyl sites for hydroxylation is 1. The van der Waals surface area contributed by atoms with E-state index in [0.717, 1.165) is 31.5 Å². The first-order chi connectivity index (χ1) is 13.0. The maximum Gasteiger partial charge on any atom is 0.337 e. The molecule has 0 aromatic heterocycles. The first-order valence-electron chi connectivity index (χ1n) is 8.90. The molecule has 27 heavy (non-hydrogen) atoms. The highest BCUT2D eigenvalue weighted by Gasteiger charge is 2.24. The van der Waals surface area contributed by atoms with Gasteiger partial charge in [-0.1, -0.05) is 18.2 Å². The summed E-state index contributed by atoms with van der Waals surface area (Å²) in [7, 11) is 1.29. The van der Waals surface area contributed by atoms with Crippen LogP contribution in [0.3, 0.4) is 0 Å². The molecule has 6 nitrogen and oxygen atoms in total. The molecule has 1 heterocycles. The molecule has 0 unspecified atom stereocenters. The molecule has 0 saturated carbocycles. The van der Waals surface area contributed by atoms with Crippen LogP contribution in [0.4, 0.5) is 5.69 Å². The summed E-state index contributed by atoms with van der Waals surface area (Å²) >= 11 is 0. The number of rotatable bonds is 4. The van der Waals surface area contributed by atoms with Crippen LogP contribution >= 0.6 is 0 Å². The summed E-state index contributed by atoms with van der Waals surface area (Å²) in [5, 5.41) is 2.82. The molecule has 2 aromatic carbocycles. The second-order valence-electron chi connectivity index (χ2n) is 6.52. The highest BCUT2D eigenvalue weighted by Crippen LogP contribution is 2.24. The molecular weight excluding hydrogens is 344 g/mol. The van der Waals surface area contributed by atoms with E-state index in [0.29, 0.717) is 22.4 Å². The van der Waals surface area contributed by atoms with E-state index < -0.39 is 5.97 Å². The van der Waals surface area contributed by atoms with E-state index in [2.05, 4.69) is 5.32 Å². The van der Waals surface area contributed by atoms with E-state index in [-0.39, 0.29) is 11.8 Å². The average Bonchev–Trinajstić information content (AvgIpc) is 3.22. The lowest BCUT2D eigenvalue weighted by Crippen LogP contribution is -2.29. The van der Waals surface area contributed by atoms with E-state index in [9.17, 15) is 14.4 Å². The molecule has 0 radical (unpaired) electrons. The number of esters is 1. The fourth-order valence-electron chi connectivity index (χ4n) is 3.23. The first-order valence-corrected chi connectivity index (χ1v) is 8.90. The predicted molar refractivity (Wildman–Crippen MR) is 102 cm³/mol. The molecule has 140 valence electrons. The van der Waals surface area contributed by atoms with Gasteiger partial charge in [0, 0.05) is 18.7 Å². The van der Waals surface area contributed by atoms with Gasteiger partial charge in [0.1, 0.15) is 0 Å². The van der Waals surface area contributed by atoms with Gasteiger partial charge in [0.15, 0.2) is 0 Å². The normalized spacial score (nSPS) is 13.3. The van der Waals surface area contributed by atoms with Crippen molar-refractivity contribution in [3.05, 3.63) is 64.7 Å². The Bertz CT molecular complexity index is 886. The Labute approximate surface area is 158 Å². The van der Waals surface area contributed by atoms with E-state index in [1.807, 2.05) is 17.9 Å². The average molecular weight is 366 g/mol. The minimum Gasteiger partial charge on any atom is -0.465 e. The highest BCUT2D eigenvalue weighted by atomic mass is 16.5. The monoisotopic (exact) mass is 366 g/mol. The molecule has 1 N–H and O–H groups in total. The number of methoxy groups -OCH3 is 1. The Hall–Kier alpha value is -3.15. The van der Waals surface area contributed by atoms with Gasteiger partial charge >= 0.3 is 5.97 Å². The lowest BCUT2D eigenvalue weighted by atomic mass is 10.0. The smallest absolute Gasteiger partial charge is 0.337 e. The van der Waals surface area contributed by atoms with Crippen LogP contribution < -0.4 is 5.32 Å². The van der Waals surface area contributed by atoms with Crippen LogP contribution in [0, 0.1) is 6.92 Å². The summed E-state index contributed by atoms with van der Waals surface area (Å²) in [6, 6.07) is 11.7. The Morgan fingerprint density at radius 3 is 2.37 bits per heavy atom. The number of nitrogens with zero attached hydrogens (tertiary/aromatic N) is 1. The van der Waals surface area contributed by atoms with Gasteiger partial charge in [-0.15, -0.1) is 0 Å². The molecule has 1 aliphatic heterocycles. The maximum absolute atomic E-state index is 12.9. The first kappa shape index (κ1) is 18.6. The third-order valence-electron chi connectivity index (χ3n) is 4.67. The third-order valence-corrected chi connectivity index (χ3v) is 4.67. The van der Waals surface area contributed by atoms with Crippen LogP contribution in [0.2, 0.25) is 0 Å². The van der Waals surface area contributed by atoms with Crippen molar-refractivity contribution in [2.24, 2.45) is 0 Å². The lowest BCUT2D eigenvalue weighted by Gasteiger charge is -2.19. The summed E-state index contributed by atoms with van der Waals surface area (Å²) in [5.74, 6) is -0.962. The van der Waals surface area contributed by atoms with Gasteiger partial charge in [-0.05, 0) is 49.6 Å². The van der Waals surface area contributed by atoms with Gasteiger partial charge in [-0.25, -0.2) is 4.79 Å². The van der Waals surface area contributed by atoms with Crippen molar-refractivity contribution in [3.63, 3.8) is 0 Å². The van der Waals surface area contributed by atoms with Crippen LogP contribution in [0.1, 0.15) is 49.5 Å². The van der Waals surface area contributed by atoms with Crippen molar-refractivity contribution in [2.45, 2.75) is 19.8 Å². The molecule has 1 fully saturated rings. The zero-order chi connectivity index (χ0) is 19.4. The van der Waals surface area contributed by atoms with Crippen molar-refractivity contribution in [2.75, 3.05) is 25.5 Å². The van der Waals surface area contributed by atoms with E-state index in [1.165, 1.54) is 13.2 Å². The standard InChI is InChI=1S/C21H22N2O4/c1-14-7-5-10-17(18(14)20(25)23-11-3-4-12-23)22-19(24)15-8-6-9-16(13-15)21(26)27-2/h5-10,13H,3-4,11-12H2,1-2H3,(H,22,24). The fourth-order valence-corrected chi connectivity index (χ4v) is 3.23. The van der Waals surface area contributed by atoms with Crippen molar-refractivity contribution >= 4 is 23.5 Å². The second-order valence-corrected chi connectivity index (χ2v) is 6.52. The summed E-state index contributed by atoms with van der Waals surface area (Å²) < 4.78 is 4.69. The number of ether oxygens (including phenoxy) is 1. The van der Waals surface area contributed by atoms with E-state index in [1.54, 1.807) is 30.3 Å². The summed E-state index contributed by atoms with van der Waals surface area (Å²) in [6.07, 6.45) is 2.00. The fraction of sp³-hybridized carbons (Fsp3) is 0.286. The molecule has 0 atom stereocenters. The van der Waals surface area contributed by atoms with E-state index in [4.69, 9.17) is 4.74 Å². The Balaban J connectivity index is 1.87. The Morgan fingerprint density at radius 1 is 1.00 bits per heavy atom. The van der Waals surface area contributed by atoms with Gasteiger partial charge in [0.2, 0.25) is 0 Å². The molecule has 6 heteroatoms. The van der Waals surface area contributed by atoms with Crippen LogP contribution in [0.25, 0.3) is 0 Å². The van der Waals surface area contributed by atoms with Gasteiger partial charge in [-0.3, -0.25) is 9.59 Å². The molecule has 0 spiro atoms. The number of hydrogen-bond donors (Lipinski definition) is 1. The largest absolute Gasteiger partial charge is 0.465 e. The zero-order valence-corrected chi connectivity index (χ0v) is 15.5. The minimum atomic E-state index is -0.509. The van der Waals surface area contributed by atoms with Gasteiger partial charge in [0.25, 0.3) is 11.8 Å². The van der Waals surface area contributed by atoms with Crippen LogP contribution in [-0.2, 0) is 4.74 Å². The number of benzene rings is 2. The summed E-state index contributed by atoms with van der Waals surface area (Å²) in [5.41, 5.74) is 2.41. The minimum absolute atomic E-state index is 0.0655. The number of nitrogens with one attached hydrogen (secondary N) is 1. The second kappa shape index (κ2) is 8.03. The third kappa shape index (κ3) is 4.00. The van der Waals surface area contributed by atoms with Crippen LogP contribution in [-0.4, -0.2) is 42.9 Å². The zero-order valence-electron chi connectivity index (χ0n) is 15.5. The number of carbonyl (C=O) groups is 3. The van der Waals surface area contributed by atoms with Crippen molar-refractivity contribution in [3.8, 4) is 0 Å². The van der Waals surface area contributed by atoms with Crippen molar-refractivity contribution in [1.29, 1.82) is 0 Å². The molecule has 0 aliphatic carbocycles. The van der Waals surface area contributed by atoms with E-state index >= 15 is 0 Å². The van der Waals surface area contributed by atoms with Crippen LogP contribution in [0.15, 0.2) is 42.5 Å². The van der Waals surface area contributed by atoms with Crippen molar-refractivity contribution < 1.29 is 19.1 Å². The summed E-state index contributed by atoms with van der Waals surface area (Å²) in [4.78, 5) is 39.1. The molecule has 3 rings (SSSR count). The molecule has 2 amide bonds. The topological polar surface area (TPSA) is 75.7 Å². The molecular formula is C21H22N2O4. The van der Waals surface area contributed by atoms with Gasteiger partial charge in [-0.2, -0.15) is 0 Å².